The normalized spacial score (nSPS) is 9.00. The fourth-order valence-corrected chi connectivity index (χ4v) is 2.11. The number of terminal acetylenes is 4. The van der Waals surface area contributed by atoms with Crippen molar-refractivity contribution in [2.45, 2.75) is 25.7 Å². The van der Waals surface area contributed by atoms with Crippen molar-refractivity contribution < 1.29 is 10.2 Å². The van der Waals surface area contributed by atoms with Gasteiger partial charge >= 0.3 is 0 Å². The minimum Gasteiger partial charge on any atom is -0.507 e. The van der Waals surface area contributed by atoms with E-state index in [1.165, 1.54) is 0 Å². The highest BCUT2D eigenvalue weighted by molar-refractivity contribution is 5.61. The van der Waals surface area contributed by atoms with Gasteiger partial charge in [-0.25, -0.2) is 0 Å². The molecule has 2 heteroatoms. The molecule has 20 heavy (non-hydrogen) atoms. The highest BCUT2D eigenvalue weighted by Gasteiger charge is 2.21. The van der Waals surface area contributed by atoms with E-state index in [-0.39, 0.29) is 42.7 Å². The van der Waals surface area contributed by atoms with Gasteiger partial charge in [0.15, 0.2) is 0 Å². The van der Waals surface area contributed by atoms with E-state index in [1.807, 2.05) is 0 Å². The summed E-state index contributed by atoms with van der Waals surface area (Å²) < 4.78 is 0. The van der Waals surface area contributed by atoms with Gasteiger partial charge in [0.25, 0.3) is 0 Å². The van der Waals surface area contributed by atoms with Crippen molar-refractivity contribution in [2.75, 3.05) is 0 Å². The van der Waals surface area contributed by atoms with E-state index in [0.29, 0.717) is 16.7 Å². The average molecular weight is 262 g/mol. The van der Waals surface area contributed by atoms with Gasteiger partial charge < -0.3 is 10.2 Å². The Morgan fingerprint density at radius 2 is 0.850 bits per heavy atom. The smallest absolute Gasteiger partial charge is 0.127 e. The first-order chi connectivity index (χ1) is 9.62. The summed E-state index contributed by atoms with van der Waals surface area (Å²) in [7, 11) is 0. The topological polar surface area (TPSA) is 40.5 Å². The summed E-state index contributed by atoms with van der Waals surface area (Å²) in [4.78, 5) is 0. The Balaban J connectivity index is 3.73. The largest absolute Gasteiger partial charge is 0.507 e. The van der Waals surface area contributed by atoms with E-state index in [4.69, 9.17) is 25.7 Å². The second-order valence-electron chi connectivity index (χ2n) is 4.14. The van der Waals surface area contributed by atoms with E-state index < -0.39 is 0 Å². The maximum atomic E-state index is 10.3. The standard InChI is InChI=1S/C18H14O2/c1-5-9-13-14(10-6-2)17(19)16(12-8-4)18(20)15(13)11-7-3/h1-4,19-20H,9-12H2. The molecule has 0 saturated carbocycles. The molecule has 0 radical (unpaired) electrons. The maximum Gasteiger partial charge on any atom is 0.127 e. The van der Waals surface area contributed by atoms with Crippen LogP contribution in [0.1, 0.15) is 22.3 Å². The monoisotopic (exact) mass is 262 g/mol. The van der Waals surface area contributed by atoms with Gasteiger partial charge in [-0.1, -0.05) is 0 Å². The molecule has 0 fully saturated rings. The minimum absolute atomic E-state index is 0.0865. The molecule has 0 aliphatic carbocycles. The van der Waals surface area contributed by atoms with Crippen LogP contribution < -0.4 is 0 Å². The molecule has 1 aromatic rings. The van der Waals surface area contributed by atoms with Gasteiger partial charge in [0.05, 0.1) is 0 Å². The Kier molecular flexibility index (Phi) is 5.18. The van der Waals surface area contributed by atoms with Gasteiger partial charge in [-0.2, -0.15) is 0 Å². The number of rotatable bonds is 4. The van der Waals surface area contributed by atoms with Crippen molar-refractivity contribution in [1.29, 1.82) is 0 Å². The molecular weight excluding hydrogens is 248 g/mol. The Morgan fingerprint density at radius 3 is 1.20 bits per heavy atom. The highest BCUT2D eigenvalue weighted by atomic mass is 16.3. The summed E-state index contributed by atoms with van der Waals surface area (Å²) >= 11 is 0. The Morgan fingerprint density at radius 1 is 0.550 bits per heavy atom. The lowest BCUT2D eigenvalue weighted by Gasteiger charge is -2.18. The lowest BCUT2D eigenvalue weighted by Crippen LogP contribution is -2.04. The number of aromatic hydroxyl groups is 2. The molecule has 2 N–H and O–H groups in total. The zero-order chi connectivity index (χ0) is 15.1. The SMILES string of the molecule is C#CCc1c(O)c(CC#C)c(CC#C)c(CC#C)c1O. The Labute approximate surface area is 119 Å². The summed E-state index contributed by atoms with van der Waals surface area (Å²) in [6, 6.07) is 0. The summed E-state index contributed by atoms with van der Waals surface area (Å²) in [6.45, 7) is 0. The first-order valence-corrected chi connectivity index (χ1v) is 5.93. The molecule has 0 aliphatic heterocycles. The van der Waals surface area contributed by atoms with E-state index in [9.17, 15) is 10.2 Å². The van der Waals surface area contributed by atoms with Crippen LogP contribution in [0.25, 0.3) is 0 Å². The Bertz CT molecular complexity index is 640. The van der Waals surface area contributed by atoms with Crippen LogP contribution in [0.15, 0.2) is 0 Å². The molecule has 0 amide bonds. The zero-order valence-corrected chi connectivity index (χ0v) is 11.0. The molecule has 0 spiro atoms. The zero-order valence-electron chi connectivity index (χ0n) is 11.0. The van der Waals surface area contributed by atoms with Gasteiger partial charge in [-0.15, -0.1) is 49.4 Å². The molecule has 0 saturated heterocycles. The van der Waals surface area contributed by atoms with Crippen molar-refractivity contribution >= 4 is 0 Å². The van der Waals surface area contributed by atoms with Crippen molar-refractivity contribution in [1.82, 2.24) is 0 Å². The lowest BCUT2D eigenvalue weighted by atomic mass is 9.89. The van der Waals surface area contributed by atoms with E-state index in [2.05, 4.69) is 23.7 Å². The molecule has 1 aromatic carbocycles. The van der Waals surface area contributed by atoms with Gasteiger partial charge in [-0.3, -0.25) is 0 Å². The van der Waals surface area contributed by atoms with Crippen LogP contribution in [-0.2, 0) is 25.7 Å². The van der Waals surface area contributed by atoms with Gasteiger partial charge in [0.2, 0.25) is 0 Å². The number of benzene rings is 1. The van der Waals surface area contributed by atoms with Gasteiger partial charge in [-0.05, 0) is 5.56 Å². The van der Waals surface area contributed by atoms with Crippen molar-refractivity contribution in [3.8, 4) is 60.9 Å². The molecule has 2 nitrogen and oxygen atoms in total. The maximum absolute atomic E-state index is 10.3. The molecular formula is C18H14O2. The van der Waals surface area contributed by atoms with E-state index in [1.54, 1.807) is 0 Å². The van der Waals surface area contributed by atoms with Crippen LogP contribution in [0.5, 0.6) is 11.5 Å². The van der Waals surface area contributed by atoms with Crippen LogP contribution in [0, 0.1) is 49.4 Å². The third-order valence-electron chi connectivity index (χ3n) is 2.99. The summed E-state index contributed by atoms with van der Waals surface area (Å²) in [6.07, 6.45) is 21.9. The van der Waals surface area contributed by atoms with Gasteiger partial charge in [0, 0.05) is 42.4 Å². The Hall–Kier alpha value is -2.94. The van der Waals surface area contributed by atoms with Crippen LogP contribution in [0.2, 0.25) is 0 Å². The fourth-order valence-electron chi connectivity index (χ4n) is 2.11. The third-order valence-corrected chi connectivity index (χ3v) is 2.99. The van der Waals surface area contributed by atoms with E-state index in [0.717, 1.165) is 0 Å². The first kappa shape index (κ1) is 15.1. The molecule has 0 atom stereocenters. The number of phenols is 2. The number of hydrogen-bond acceptors (Lipinski definition) is 2. The van der Waals surface area contributed by atoms with Crippen LogP contribution in [-0.4, -0.2) is 10.2 Å². The second kappa shape index (κ2) is 6.85. The van der Waals surface area contributed by atoms with Crippen LogP contribution >= 0.6 is 0 Å². The van der Waals surface area contributed by atoms with Crippen LogP contribution in [0.4, 0.5) is 0 Å². The summed E-state index contributed by atoms with van der Waals surface area (Å²) in [5.41, 5.74) is 1.90. The van der Waals surface area contributed by atoms with Crippen molar-refractivity contribution in [2.24, 2.45) is 0 Å². The highest BCUT2D eigenvalue weighted by Crippen LogP contribution is 2.39. The molecule has 0 unspecified atom stereocenters. The van der Waals surface area contributed by atoms with Crippen molar-refractivity contribution in [3.63, 3.8) is 0 Å². The summed E-state index contributed by atoms with van der Waals surface area (Å²) in [5, 5.41) is 20.5. The molecule has 98 valence electrons. The van der Waals surface area contributed by atoms with Crippen LogP contribution in [0.3, 0.4) is 0 Å². The molecule has 1 rings (SSSR count). The summed E-state index contributed by atoms with van der Waals surface area (Å²) in [5.74, 6) is 9.63. The third kappa shape index (κ3) is 2.72. The lowest BCUT2D eigenvalue weighted by molar-refractivity contribution is 0.433. The minimum atomic E-state index is -0.0931. The number of hydrogen-bond donors (Lipinski definition) is 2. The second-order valence-corrected chi connectivity index (χ2v) is 4.14. The molecule has 0 aromatic heterocycles. The predicted molar refractivity (Wildman–Crippen MR) is 79.9 cm³/mol. The molecule has 0 aliphatic rings. The fraction of sp³-hybridized carbons (Fsp3) is 0.222. The first-order valence-electron chi connectivity index (χ1n) is 5.93. The molecule has 0 heterocycles. The van der Waals surface area contributed by atoms with E-state index >= 15 is 0 Å². The average Bonchev–Trinajstić information content (AvgIpc) is 2.43. The quantitative estimate of drug-likeness (QED) is 0.812. The van der Waals surface area contributed by atoms with Gasteiger partial charge in [0.1, 0.15) is 11.5 Å². The molecule has 0 bridgehead atoms. The van der Waals surface area contributed by atoms with Crippen molar-refractivity contribution in [3.05, 3.63) is 22.3 Å². The number of phenolic OH excluding ortho intramolecular Hbond substituents is 2. The predicted octanol–water partition coefficient (Wildman–Crippen LogP) is 1.80.